The molecular formula is C13H18O. The monoisotopic (exact) mass is 190 g/mol. The molecule has 0 amide bonds. The van der Waals surface area contributed by atoms with Gasteiger partial charge in [-0.15, -0.1) is 0 Å². The van der Waals surface area contributed by atoms with E-state index in [9.17, 15) is 4.79 Å². The second kappa shape index (κ2) is 2.95. The predicted molar refractivity (Wildman–Crippen MR) is 55.7 cm³/mol. The van der Waals surface area contributed by atoms with Crippen molar-refractivity contribution in [1.82, 2.24) is 0 Å². The summed E-state index contributed by atoms with van der Waals surface area (Å²) in [5, 5.41) is 0. The number of hydrogen-bond acceptors (Lipinski definition) is 1. The smallest absolute Gasteiger partial charge is 0.142 e. The lowest BCUT2D eigenvalue weighted by Crippen LogP contribution is -2.45. The molecule has 14 heavy (non-hydrogen) atoms. The van der Waals surface area contributed by atoms with Gasteiger partial charge in [0.15, 0.2) is 0 Å². The molecule has 1 heteroatoms. The fourth-order valence-corrected chi connectivity index (χ4v) is 4.36. The topological polar surface area (TPSA) is 17.1 Å². The summed E-state index contributed by atoms with van der Waals surface area (Å²) < 4.78 is 0. The maximum atomic E-state index is 10.6. The summed E-state index contributed by atoms with van der Waals surface area (Å²) >= 11 is 0. The lowest BCUT2D eigenvalue weighted by Gasteiger charge is -2.55. The molecule has 4 bridgehead atoms. The fourth-order valence-electron chi connectivity index (χ4n) is 4.36. The molecule has 4 aliphatic carbocycles. The van der Waals surface area contributed by atoms with E-state index in [-0.39, 0.29) is 0 Å². The maximum Gasteiger partial charge on any atom is 0.142 e. The van der Waals surface area contributed by atoms with E-state index in [2.05, 4.69) is 6.92 Å². The van der Waals surface area contributed by atoms with Crippen molar-refractivity contribution in [3.05, 3.63) is 11.6 Å². The molecule has 4 aliphatic rings. The number of allylic oxidation sites excluding steroid dienone is 2. The first kappa shape index (κ1) is 8.70. The number of carbonyl (C=O) groups excluding carboxylic acids is 1. The maximum absolute atomic E-state index is 10.6. The van der Waals surface area contributed by atoms with Gasteiger partial charge in [-0.2, -0.15) is 0 Å². The summed E-state index contributed by atoms with van der Waals surface area (Å²) in [7, 11) is 0. The molecular weight excluding hydrogens is 172 g/mol. The molecule has 0 heterocycles. The van der Waals surface area contributed by atoms with E-state index in [0.29, 0.717) is 0 Å². The minimum absolute atomic E-state index is 0.761. The highest BCUT2D eigenvalue weighted by molar-refractivity contribution is 5.66. The Bertz CT molecular complexity index is 292. The Kier molecular flexibility index (Phi) is 1.83. The summed E-state index contributed by atoms with van der Waals surface area (Å²) in [6.07, 6.45) is 8.47. The molecule has 1 nitrogen and oxygen atoms in total. The van der Waals surface area contributed by atoms with Crippen molar-refractivity contribution in [3.8, 4) is 0 Å². The normalized spacial score (nSPS) is 52.6. The summed E-state index contributed by atoms with van der Waals surface area (Å²) in [6, 6.07) is 0. The first-order valence-corrected chi connectivity index (χ1v) is 5.95. The van der Waals surface area contributed by atoms with E-state index in [1.165, 1.54) is 31.3 Å². The van der Waals surface area contributed by atoms with Gasteiger partial charge >= 0.3 is 0 Å². The van der Waals surface area contributed by atoms with Gasteiger partial charge in [0.1, 0.15) is 6.29 Å². The Hall–Kier alpha value is -0.590. The van der Waals surface area contributed by atoms with Gasteiger partial charge in [-0.05, 0) is 61.3 Å². The van der Waals surface area contributed by atoms with Gasteiger partial charge in [-0.1, -0.05) is 12.5 Å². The molecule has 4 fully saturated rings. The number of carbonyl (C=O) groups is 1. The molecule has 0 aliphatic heterocycles. The van der Waals surface area contributed by atoms with Gasteiger partial charge in [0.05, 0.1) is 0 Å². The van der Waals surface area contributed by atoms with Crippen molar-refractivity contribution in [3.63, 3.8) is 0 Å². The minimum atomic E-state index is 0.761. The standard InChI is InChI=1S/C13H18O/c1-8-10-4-9-5-11(7-10)12(2-3-14)13(8)6-9/h2-3,8-11,13H,4-7H2,1H3/b12-2+/t8-,9?,10-,11+,13-/m0/s1. The molecule has 4 rings (SSSR count). The van der Waals surface area contributed by atoms with Gasteiger partial charge < -0.3 is 0 Å². The molecule has 0 aromatic rings. The largest absolute Gasteiger partial charge is 0.299 e. The Morgan fingerprint density at radius 2 is 2.07 bits per heavy atom. The summed E-state index contributed by atoms with van der Waals surface area (Å²) in [5.74, 6) is 4.34. The average Bonchev–Trinajstić information content (AvgIpc) is 2.18. The van der Waals surface area contributed by atoms with Gasteiger partial charge in [-0.25, -0.2) is 0 Å². The zero-order valence-electron chi connectivity index (χ0n) is 8.78. The van der Waals surface area contributed by atoms with Crippen LogP contribution in [0.1, 0.15) is 32.6 Å². The molecule has 0 aromatic carbocycles. The molecule has 0 spiro atoms. The lowest BCUT2D eigenvalue weighted by atomic mass is 9.50. The van der Waals surface area contributed by atoms with Crippen LogP contribution in [-0.2, 0) is 4.79 Å². The molecule has 0 N–H and O–H groups in total. The summed E-state index contributed by atoms with van der Waals surface area (Å²) in [4.78, 5) is 10.6. The Balaban J connectivity index is 1.97. The van der Waals surface area contributed by atoms with Crippen molar-refractivity contribution in [2.75, 3.05) is 0 Å². The van der Waals surface area contributed by atoms with Gasteiger partial charge in [0.25, 0.3) is 0 Å². The van der Waals surface area contributed by atoms with Gasteiger partial charge in [-0.3, -0.25) is 4.79 Å². The zero-order chi connectivity index (χ0) is 9.71. The predicted octanol–water partition coefficient (Wildman–Crippen LogP) is 2.81. The highest BCUT2D eigenvalue weighted by Crippen LogP contribution is 2.58. The van der Waals surface area contributed by atoms with E-state index in [1.807, 2.05) is 6.08 Å². The van der Waals surface area contributed by atoms with Crippen LogP contribution in [0.3, 0.4) is 0 Å². The van der Waals surface area contributed by atoms with E-state index in [4.69, 9.17) is 0 Å². The van der Waals surface area contributed by atoms with Crippen LogP contribution in [0, 0.1) is 29.6 Å². The molecule has 0 saturated heterocycles. The number of hydrogen-bond donors (Lipinski definition) is 0. The van der Waals surface area contributed by atoms with Crippen molar-refractivity contribution < 1.29 is 4.79 Å². The number of rotatable bonds is 1. The summed E-state index contributed by atoms with van der Waals surface area (Å²) in [5.41, 5.74) is 1.50. The minimum Gasteiger partial charge on any atom is -0.299 e. The van der Waals surface area contributed by atoms with Gasteiger partial charge in [0.2, 0.25) is 0 Å². The molecule has 0 aromatic heterocycles. The third-order valence-corrected chi connectivity index (χ3v) is 4.97. The molecule has 4 saturated carbocycles. The fraction of sp³-hybridized carbons (Fsp3) is 0.769. The van der Waals surface area contributed by atoms with Crippen LogP contribution < -0.4 is 0 Å². The highest BCUT2D eigenvalue weighted by atomic mass is 16.1. The van der Waals surface area contributed by atoms with E-state index >= 15 is 0 Å². The van der Waals surface area contributed by atoms with E-state index in [1.54, 1.807) is 0 Å². The van der Waals surface area contributed by atoms with Gasteiger partial charge in [0, 0.05) is 0 Å². The quantitative estimate of drug-likeness (QED) is 0.459. The van der Waals surface area contributed by atoms with Crippen molar-refractivity contribution in [1.29, 1.82) is 0 Å². The first-order chi connectivity index (χ1) is 6.79. The Labute approximate surface area is 85.6 Å². The molecule has 5 atom stereocenters. The van der Waals surface area contributed by atoms with Crippen LogP contribution >= 0.6 is 0 Å². The van der Waals surface area contributed by atoms with Crippen molar-refractivity contribution in [2.45, 2.75) is 32.6 Å². The molecule has 76 valence electrons. The van der Waals surface area contributed by atoms with E-state index < -0.39 is 0 Å². The van der Waals surface area contributed by atoms with Crippen LogP contribution in [-0.4, -0.2) is 6.29 Å². The Morgan fingerprint density at radius 3 is 2.86 bits per heavy atom. The third kappa shape index (κ3) is 1.04. The highest BCUT2D eigenvalue weighted by Gasteiger charge is 2.48. The van der Waals surface area contributed by atoms with Crippen LogP contribution in [0.4, 0.5) is 0 Å². The van der Waals surface area contributed by atoms with Crippen molar-refractivity contribution in [2.24, 2.45) is 29.6 Å². The summed E-state index contributed by atoms with van der Waals surface area (Å²) in [6.45, 7) is 2.39. The molecule has 1 unspecified atom stereocenters. The third-order valence-electron chi connectivity index (χ3n) is 4.97. The SMILES string of the molecule is C[C@H]1[C@H]2CC3C[C@H](C2)/C(=C\C=O)[C@H]1C3. The van der Waals surface area contributed by atoms with E-state index in [0.717, 1.165) is 35.9 Å². The van der Waals surface area contributed by atoms with Crippen LogP contribution in [0.2, 0.25) is 0 Å². The van der Waals surface area contributed by atoms with Crippen LogP contribution in [0.25, 0.3) is 0 Å². The number of aldehydes is 1. The zero-order valence-corrected chi connectivity index (χ0v) is 8.78. The average molecular weight is 190 g/mol. The van der Waals surface area contributed by atoms with Crippen molar-refractivity contribution >= 4 is 6.29 Å². The first-order valence-electron chi connectivity index (χ1n) is 5.95. The Morgan fingerprint density at radius 1 is 1.21 bits per heavy atom. The second-order valence-electron chi connectivity index (χ2n) is 5.53. The lowest BCUT2D eigenvalue weighted by molar-refractivity contribution is -0.104. The molecule has 0 radical (unpaired) electrons. The van der Waals surface area contributed by atoms with Crippen LogP contribution in [0.15, 0.2) is 11.6 Å². The second-order valence-corrected chi connectivity index (χ2v) is 5.53. The van der Waals surface area contributed by atoms with Crippen LogP contribution in [0.5, 0.6) is 0 Å².